The predicted molar refractivity (Wildman–Crippen MR) is 86.0 cm³/mol. The number of rotatable bonds is 4. The van der Waals surface area contributed by atoms with E-state index in [0.29, 0.717) is 11.5 Å². The molecule has 112 valence electrons. The summed E-state index contributed by atoms with van der Waals surface area (Å²) in [6.45, 7) is 0.831. The van der Waals surface area contributed by atoms with E-state index in [1.807, 2.05) is 36.4 Å². The number of nitrogens with zero attached hydrogens (tertiary/aromatic N) is 1. The van der Waals surface area contributed by atoms with Crippen LogP contribution in [0.4, 0.5) is 5.69 Å². The zero-order valence-corrected chi connectivity index (χ0v) is 12.3. The maximum atomic E-state index is 12.6. The molecule has 0 spiro atoms. The van der Waals surface area contributed by atoms with Gasteiger partial charge in [-0.25, -0.2) is 0 Å². The molecule has 4 heteroatoms. The normalized spacial score (nSPS) is 16.9. The Bertz CT molecular complexity index is 760. The minimum atomic E-state index is -0.0786. The van der Waals surface area contributed by atoms with E-state index in [-0.39, 0.29) is 18.4 Å². The van der Waals surface area contributed by atoms with Gasteiger partial charge in [0.25, 0.3) is 5.91 Å². The summed E-state index contributed by atoms with van der Waals surface area (Å²) in [7, 11) is 0. The zero-order valence-electron chi connectivity index (χ0n) is 12.3. The summed E-state index contributed by atoms with van der Waals surface area (Å²) in [4.78, 5) is 26.3. The third kappa shape index (κ3) is 2.06. The Morgan fingerprint density at radius 3 is 2.68 bits per heavy atom. The first kappa shape index (κ1) is 13.3. The van der Waals surface area contributed by atoms with E-state index in [0.717, 1.165) is 23.0 Å². The maximum absolute atomic E-state index is 12.6. The average molecular weight is 294 g/mol. The standard InChI is InChI=1S/C18H18N2O2/c21-16(19-10-12-4-1-5-12)11-20-15-9-3-7-13-6-2-8-14(17(13)15)18(20)22/h2-3,6-9,12H,1,4-5,10-11H2,(H,19,21). The van der Waals surface area contributed by atoms with Crippen LogP contribution in [0.2, 0.25) is 0 Å². The van der Waals surface area contributed by atoms with Gasteiger partial charge in [-0.2, -0.15) is 0 Å². The summed E-state index contributed by atoms with van der Waals surface area (Å²) in [6, 6.07) is 11.6. The van der Waals surface area contributed by atoms with Crippen molar-refractivity contribution in [3.63, 3.8) is 0 Å². The van der Waals surface area contributed by atoms with Gasteiger partial charge in [-0.05, 0) is 36.3 Å². The summed E-state index contributed by atoms with van der Waals surface area (Å²) < 4.78 is 0. The van der Waals surface area contributed by atoms with E-state index in [2.05, 4.69) is 5.32 Å². The molecule has 2 aliphatic rings. The quantitative estimate of drug-likeness (QED) is 0.942. The smallest absolute Gasteiger partial charge is 0.259 e. The van der Waals surface area contributed by atoms with Crippen molar-refractivity contribution >= 4 is 28.3 Å². The molecule has 0 unspecified atom stereocenters. The highest BCUT2D eigenvalue weighted by atomic mass is 16.2. The topological polar surface area (TPSA) is 49.4 Å². The van der Waals surface area contributed by atoms with Gasteiger partial charge in [-0.1, -0.05) is 30.7 Å². The maximum Gasteiger partial charge on any atom is 0.259 e. The summed E-state index contributed by atoms with van der Waals surface area (Å²) in [5, 5.41) is 4.96. The minimum Gasteiger partial charge on any atom is -0.354 e. The Labute approximate surface area is 129 Å². The van der Waals surface area contributed by atoms with Crippen LogP contribution >= 0.6 is 0 Å². The molecule has 0 saturated heterocycles. The minimum absolute atomic E-state index is 0.0782. The number of carbonyl (C=O) groups is 2. The molecule has 1 saturated carbocycles. The molecule has 0 bridgehead atoms. The third-order valence-electron chi connectivity index (χ3n) is 4.76. The molecular formula is C18H18N2O2. The second-order valence-corrected chi connectivity index (χ2v) is 6.17. The number of carbonyl (C=O) groups excluding carboxylic acids is 2. The lowest BCUT2D eigenvalue weighted by Gasteiger charge is -2.26. The SMILES string of the molecule is O=C(CN1C(=O)c2cccc3cccc1c23)NCC1CCC1. The van der Waals surface area contributed by atoms with Crippen molar-refractivity contribution in [3.8, 4) is 0 Å². The number of nitrogens with one attached hydrogen (secondary N) is 1. The fourth-order valence-electron chi connectivity index (χ4n) is 3.29. The largest absolute Gasteiger partial charge is 0.354 e. The molecule has 0 radical (unpaired) electrons. The van der Waals surface area contributed by atoms with Gasteiger partial charge >= 0.3 is 0 Å². The van der Waals surface area contributed by atoms with Gasteiger partial charge in [-0.15, -0.1) is 0 Å². The van der Waals surface area contributed by atoms with Crippen LogP contribution in [0.1, 0.15) is 29.6 Å². The van der Waals surface area contributed by atoms with Gasteiger partial charge in [0, 0.05) is 17.5 Å². The predicted octanol–water partition coefficient (Wildman–Crippen LogP) is 2.72. The van der Waals surface area contributed by atoms with Crippen LogP contribution in [-0.4, -0.2) is 24.9 Å². The molecule has 22 heavy (non-hydrogen) atoms. The Kier molecular flexibility index (Phi) is 3.10. The molecule has 4 rings (SSSR count). The van der Waals surface area contributed by atoms with Crippen molar-refractivity contribution in [3.05, 3.63) is 42.0 Å². The van der Waals surface area contributed by atoms with Gasteiger partial charge in [0.05, 0.1) is 5.69 Å². The van der Waals surface area contributed by atoms with E-state index in [1.165, 1.54) is 19.3 Å². The first-order chi connectivity index (χ1) is 10.7. The van der Waals surface area contributed by atoms with Gasteiger partial charge in [0.2, 0.25) is 5.91 Å². The summed E-state index contributed by atoms with van der Waals surface area (Å²) in [5.74, 6) is 0.467. The number of hydrogen-bond acceptors (Lipinski definition) is 2. The third-order valence-corrected chi connectivity index (χ3v) is 4.76. The van der Waals surface area contributed by atoms with Crippen molar-refractivity contribution in [1.82, 2.24) is 5.32 Å². The van der Waals surface area contributed by atoms with Gasteiger partial charge < -0.3 is 5.32 Å². The van der Waals surface area contributed by atoms with Crippen molar-refractivity contribution in [1.29, 1.82) is 0 Å². The summed E-state index contributed by atoms with van der Waals surface area (Å²) in [5.41, 5.74) is 1.54. The first-order valence-corrected chi connectivity index (χ1v) is 7.84. The molecule has 1 aliphatic heterocycles. The van der Waals surface area contributed by atoms with Gasteiger partial charge in [-0.3, -0.25) is 14.5 Å². The fraction of sp³-hybridized carbons (Fsp3) is 0.333. The van der Waals surface area contributed by atoms with Crippen molar-refractivity contribution in [2.45, 2.75) is 19.3 Å². The van der Waals surface area contributed by atoms with Crippen molar-refractivity contribution < 1.29 is 9.59 Å². The molecule has 2 amide bonds. The molecule has 1 heterocycles. The van der Waals surface area contributed by atoms with Gasteiger partial charge in [0.1, 0.15) is 6.54 Å². The van der Waals surface area contributed by atoms with Crippen LogP contribution < -0.4 is 10.2 Å². The Hall–Kier alpha value is -2.36. The second kappa shape index (κ2) is 5.13. The van der Waals surface area contributed by atoms with Crippen molar-refractivity contribution in [2.24, 2.45) is 5.92 Å². The monoisotopic (exact) mass is 294 g/mol. The molecule has 2 aromatic rings. The van der Waals surface area contributed by atoms with Crippen molar-refractivity contribution in [2.75, 3.05) is 18.0 Å². The van der Waals surface area contributed by atoms with Crippen LogP contribution in [0, 0.1) is 5.92 Å². The number of benzene rings is 2. The van der Waals surface area contributed by atoms with Crippen LogP contribution in [0.3, 0.4) is 0 Å². The highest BCUT2D eigenvalue weighted by Gasteiger charge is 2.31. The van der Waals surface area contributed by atoms with E-state index in [1.54, 1.807) is 4.90 Å². The summed E-state index contributed by atoms with van der Waals surface area (Å²) >= 11 is 0. The van der Waals surface area contributed by atoms with Crippen LogP contribution in [0.25, 0.3) is 10.8 Å². The molecule has 1 aliphatic carbocycles. The number of hydrogen-bond donors (Lipinski definition) is 1. The second-order valence-electron chi connectivity index (χ2n) is 6.17. The van der Waals surface area contributed by atoms with E-state index in [9.17, 15) is 9.59 Å². The first-order valence-electron chi connectivity index (χ1n) is 7.84. The Morgan fingerprint density at radius 1 is 1.18 bits per heavy atom. The summed E-state index contributed by atoms with van der Waals surface area (Å²) in [6.07, 6.45) is 3.67. The van der Waals surface area contributed by atoms with E-state index >= 15 is 0 Å². The lowest BCUT2D eigenvalue weighted by Crippen LogP contribution is -2.41. The zero-order chi connectivity index (χ0) is 15.1. The van der Waals surface area contributed by atoms with Crippen LogP contribution in [-0.2, 0) is 4.79 Å². The van der Waals surface area contributed by atoms with Crippen LogP contribution in [0.15, 0.2) is 36.4 Å². The molecule has 1 fully saturated rings. The average Bonchev–Trinajstić information content (AvgIpc) is 2.74. The van der Waals surface area contributed by atoms with E-state index < -0.39 is 0 Å². The molecular weight excluding hydrogens is 276 g/mol. The van der Waals surface area contributed by atoms with Gasteiger partial charge in [0.15, 0.2) is 0 Å². The van der Waals surface area contributed by atoms with E-state index in [4.69, 9.17) is 0 Å². The molecule has 2 aromatic carbocycles. The highest BCUT2D eigenvalue weighted by molar-refractivity contribution is 6.26. The fourth-order valence-corrected chi connectivity index (χ4v) is 3.29. The Morgan fingerprint density at radius 2 is 1.95 bits per heavy atom. The number of anilines is 1. The Balaban J connectivity index is 1.55. The number of amides is 2. The molecule has 4 nitrogen and oxygen atoms in total. The molecule has 1 N–H and O–H groups in total. The molecule has 0 atom stereocenters. The highest BCUT2D eigenvalue weighted by Crippen LogP contribution is 2.36. The molecule has 0 aromatic heterocycles. The lowest BCUT2D eigenvalue weighted by molar-refractivity contribution is -0.120. The lowest BCUT2D eigenvalue weighted by atomic mass is 9.85. The van der Waals surface area contributed by atoms with Crippen LogP contribution in [0.5, 0.6) is 0 Å².